The molecule has 686 valence electrons. The SMILES string of the molecule is CC(CC(CC(C)C(=O)O)c1ccc2c(c1)Cc1ccc(C(CC(C)C(=O)O)CC(CC(CC(CC(C)C(=O)NCCOCCOCCNC(=O)CN3CCN(CC(=O)OC(C)(C)C)CCN(CC(=O)OC(C)(C)C)CCN(CC(=O)OC(C)(C)C)CC3)C(=O)NCCOCCOCCN)C(=O)NCCOCCOCCN)C(=O)O)cc1C2)C(=O)O. The van der Waals surface area contributed by atoms with E-state index in [0.717, 1.165) is 27.8 Å². The molecule has 4 amide bonds. The normalized spacial score (nSPS) is 16.5. The van der Waals surface area contributed by atoms with E-state index in [2.05, 4.69) is 21.3 Å². The number of hydrogen-bond acceptors (Lipinski definition) is 26. The summed E-state index contributed by atoms with van der Waals surface area (Å²) in [7, 11) is 0. The second kappa shape index (κ2) is 55.4. The van der Waals surface area contributed by atoms with Crippen LogP contribution in [-0.4, -0.2) is 319 Å². The van der Waals surface area contributed by atoms with Crippen molar-refractivity contribution >= 4 is 65.4 Å². The van der Waals surface area contributed by atoms with Gasteiger partial charge in [-0.15, -0.1) is 0 Å². The van der Waals surface area contributed by atoms with Crippen LogP contribution in [0.15, 0.2) is 36.4 Å². The van der Waals surface area contributed by atoms with Gasteiger partial charge in [0.2, 0.25) is 23.6 Å². The summed E-state index contributed by atoms with van der Waals surface area (Å²) < 4.78 is 50.9. The van der Waals surface area contributed by atoms with Gasteiger partial charge in [-0.3, -0.25) is 72.3 Å². The molecule has 1 saturated heterocycles. The molecule has 4 rings (SSSR count). The maximum Gasteiger partial charge on any atom is 0.320 e. The molecule has 34 heteroatoms. The first kappa shape index (κ1) is 105. The Hall–Kier alpha value is -7.87. The number of carboxylic acid groups (broad SMARTS) is 4. The van der Waals surface area contributed by atoms with Crippen molar-refractivity contribution in [2.75, 3.05) is 197 Å². The number of ether oxygens (including phenoxy) is 9. The van der Waals surface area contributed by atoms with E-state index in [1.807, 2.05) is 56.0 Å². The van der Waals surface area contributed by atoms with Crippen LogP contribution in [0.25, 0.3) is 0 Å². The Kier molecular flexibility index (Phi) is 48.3. The first-order valence-corrected chi connectivity index (χ1v) is 42.8. The molecule has 1 heterocycles. The van der Waals surface area contributed by atoms with Gasteiger partial charge >= 0.3 is 41.8 Å². The fraction of sp³-hybridized carbons (Fsp3) is 0.736. The Bertz CT molecular complexity index is 3460. The Balaban J connectivity index is 1.48. The lowest BCUT2D eigenvalue weighted by molar-refractivity contribution is -0.158. The number of nitrogens with one attached hydrogen (secondary N) is 4. The van der Waals surface area contributed by atoms with Gasteiger partial charge in [0.1, 0.15) is 16.8 Å². The number of fused-ring (bicyclic) bond motifs is 2. The van der Waals surface area contributed by atoms with Crippen LogP contribution < -0.4 is 32.7 Å². The number of amides is 4. The van der Waals surface area contributed by atoms with Crippen molar-refractivity contribution in [3.05, 3.63) is 69.8 Å². The maximum absolute atomic E-state index is 14.7. The number of nitrogens with two attached hydrogens (primary N) is 2. The van der Waals surface area contributed by atoms with Crippen LogP contribution in [0.3, 0.4) is 0 Å². The van der Waals surface area contributed by atoms with E-state index in [1.165, 1.54) is 0 Å². The molecule has 0 aromatic heterocycles. The Morgan fingerprint density at radius 1 is 0.347 bits per heavy atom. The number of nitrogens with zero attached hydrogens (tertiary/aromatic N) is 4. The third-order valence-electron chi connectivity index (χ3n) is 20.7. The Labute approximate surface area is 715 Å². The lowest BCUT2D eigenvalue weighted by Gasteiger charge is -2.34. The summed E-state index contributed by atoms with van der Waals surface area (Å²) in [6.45, 7) is 28.7. The molecule has 8 atom stereocenters. The van der Waals surface area contributed by atoms with E-state index in [0.29, 0.717) is 97.1 Å². The molecule has 34 nitrogen and oxygen atoms in total. The molecule has 0 radical (unpaired) electrons. The van der Waals surface area contributed by atoms with Crippen molar-refractivity contribution in [3.63, 3.8) is 0 Å². The van der Waals surface area contributed by atoms with Gasteiger partial charge in [-0.25, -0.2) is 0 Å². The molecule has 121 heavy (non-hydrogen) atoms. The summed E-state index contributed by atoms with van der Waals surface area (Å²) in [5.41, 5.74) is 14.4. The fourth-order valence-corrected chi connectivity index (χ4v) is 14.4. The topological polar surface area (TPSA) is 465 Å². The highest BCUT2D eigenvalue weighted by Gasteiger charge is 2.37. The number of hydrogen-bond donors (Lipinski definition) is 10. The van der Waals surface area contributed by atoms with Gasteiger partial charge in [-0.1, -0.05) is 64.1 Å². The first-order chi connectivity index (χ1) is 57.1. The second-order valence-electron chi connectivity index (χ2n) is 34.8. The molecule has 12 N–H and O–H groups in total. The van der Waals surface area contributed by atoms with Crippen molar-refractivity contribution in [2.24, 2.45) is 52.9 Å². The number of esters is 3. The zero-order valence-electron chi connectivity index (χ0n) is 74.1. The molecule has 0 saturated carbocycles. The Morgan fingerprint density at radius 3 is 0.967 bits per heavy atom. The van der Waals surface area contributed by atoms with Gasteiger partial charge in [0.25, 0.3) is 0 Å². The van der Waals surface area contributed by atoms with E-state index < -0.39 is 124 Å². The van der Waals surface area contributed by atoms with Crippen LogP contribution in [0.1, 0.15) is 180 Å². The van der Waals surface area contributed by atoms with Crippen LogP contribution >= 0.6 is 0 Å². The van der Waals surface area contributed by atoms with E-state index in [1.54, 1.807) is 90.0 Å². The van der Waals surface area contributed by atoms with E-state index in [4.69, 9.17) is 54.1 Å². The smallest absolute Gasteiger partial charge is 0.320 e. The van der Waals surface area contributed by atoms with E-state index in [-0.39, 0.29) is 175 Å². The number of benzene rings is 2. The van der Waals surface area contributed by atoms with Crippen molar-refractivity contribution in [1.29, 1.82) is 0 Å². The van der Waals surface area contributed by atoms with Crippen molar-refractivity contribution < 1.29 is 116 Å². The largest absolute Gasteiger partial charge is 0.481 e. The molecule has 0 spiro atoms. The van der Waals surface area contributed by atoms with Crippen molar-refractivity contribution in [3.8, 4) is 0 Å². The molecule has 2 aromatic carbocycles. The fourth-order valence-electron chi connectivity index (χ4n) is 14.4. The molecule has 0 bridgehead atoms. The third-order valence-corrected chi connectivity index (χ3v) is 20.7. The number of carbonyl (C=O) groups is 11. The summed E-state index contributed by atoms with van der Waals surface area (Å²) in [6, 6.07) is 11.7. The highest BCUT2D eigenvalue weighted by atomic mass is 16.6. The van der Waals surface area contributed by atoms with Crippen LogP contribution in [0.5, 0.6) is 0 Å². The van der Waals surface area contributed by atoms with Crippen LogP contribution in [-0.2, 0) is 108 Å². The number of aliphatic carboxylic acids is 4. The average Bonchev–Trinajstić information content (AvgIpc) is 0.779. The zero-order valence-corrected chi connectivity index (χ0v) is 74.1. The standard InChI is InChI=1S/C87H144N10O24/c1-59(78(102)91-21-35-116-43-42-115-34-20-90-74(98)55-94-24-26-95(56-75(99)119-85(5,6)7)28-30-97(58-77(101)121-87(11,12)13)31-29-96(27-25-94)57-76(100)120-86(8,9)10)44-71(79(103)92-22-36-117-40-38-113-32-18-88)53-72(80(104)93-23-37-118-41-39-114-33-19-89)54-73(84(111)112)52-68(47-62(4)83(109)110)64-15-17-66-50-69-48-63(14-16-65(69)51-70(66)49-64)67(45-60(2)81(105)106)46-61(3)82(107)108/h14-17,48-49,59-62,67-68,71-73H,18-47,50-58,88-89H2,1-13H3,(H,90,98)(H,91,102)(H,92,103)(H,93,104)(H,105,106)(H,107,108)(H,109,110)(H,111,112). The quantitative estimate of drug-likeness (QED) is 0.0211. The van der Waals surface area contributed by atoms with Crippen LogP contribution in [0.4, 0.5) is 0 Å². The minimum Gasteiger partial charge on any atom is -0.481 e. The van der Waals surface area contributed by atoms with E-state index >= 15 is 0 Å². The van der Waals surface area contributed by atoms with E-state index in [9.17, 15) is 73.2 Å². The zero-order chi connectivity index (χ0) is 89.8. The minimum atomic E-state index is -1.26. The predicted molar refractivity (Wildman–Crippen MR) is 452 cm³/mol. The lowest BCUT2D eigenvalue weighted by atomic mass is 9.76. The summed E-state index contributed by atoms with van der Waals surface area (Å²) in [5, 5.41) is 52.7. The van der Waals surface area contributed by atoms with Gasteiger partial charge in [-0.2, -0.15) is 0 Å². The number of carboxylic acids is 4. The average molecular weight is 1710 g/mol. The van der Waals surface area contributed by atoms with Gasteiger partial charge < -0.3 is 95.8 Å². The molecular formula is C87H144N10O24. The predicted octanol–water partition coefficient (Wildman–Crippen LogP) is 4.54. The van der Waals surface area contributed by atoms with Crippen molar-refractivity contribution in [1.82, 2.24) is 40.9 Å². The summed E-state index contributed by atoms with van der Waals surface area (Å²) in [5.74, 6) is -14.9. The monoisotopic (exact) mass is 1710 g/mol. The molecule has 2 aliphatic rings. The first-order valence-electron chi connectivity index (χ1n) is 42.8. The van der Waals surface area contributed by atoms with Gasteiger partial charge in [0, 0.05) is 109 Å². The maximum atomic E-state index is 14.7. The molecule has 2 aromatic rings. The molecular weight excluding hydrogens is 1570 g/mol. The Morgan fingerprint density at radius 2 is 0.645 bits per heavy atom. The molecule has 1 fully saturated rings. The minimum absolute atomic E-state index is 0.00611. The number of carbonyl (C=O) groups excluding carboxylic acids is 7. The van der Waals surface area contributed by atoms with Crippen molar-refractivity contribution in [2.45, 2.75) is 176 Å². The molecule has 8 unspecified atom stereocenters. The van der Waals surface area contributed by atoms with Gasteiger partial charge in [-0.05, 0) is 165 Å². The summed E-state index contributed by atoms with van der Waals surface area (Å²) in [6.07, 6.45) is 0.875. The summed E-state index contributed by atoms with van der Waals surface area (Å²) >= 11 is 0. The van der Waals surface area contributed by atoms with Gasteiger partial charge in [0.05, 0.1) is 129 Å². The van der Waals surface area contributed by atoms with Gasteiger partial charge in [0.15, 0.2) is 0 Å². The third kappa shape index (κ3) is 44.9. The second-order valence-corrected chi connectivity index (χ2v) is 34.8. The van der Waals surface area contributed by atoms with Crippen LogP contribution in [0.2, 0.25) is 0 Å². The molecule has 1 aliphatic carbocycles. The highest BCUT2D eigenvalue weighted by molar-refractivity contribution is 5.84. The van der Waals surface area contributed by atoms with Crippen LogP contribution in [0, 0.1) is 41.4 Å². The highest BCUT2D eigenvalue weighted by Crippen LogP contribution is 2.40. The number of rotatable bonds is 56. The molecule has 1 aliphatic heterocycles. The lowest BCUT2D eigenvalue weighted by Crippen LogP contribution is -2.50. The summed E-state index contributed by atoms with van der Waals surface area (Å²) in [4.78, 5) is 155.